The standard InChI is InChI=1S/C24H19NO5S/c26-24(25-19-11-13-21(14-12-19)30-20-7-3-1-4-8-20)23-18(15-16-29-23)17-31(27,28)22-9-5-2-6-10-22/h1-16H,17H2,(H,25,26). The van der Waals surface area contributed by atoms with Gasteiger partial charge in [0.25, 0.3) is 5.91 Å². The van der Waals surface area contributed by atoms with Gasteiger partial charge >= 0.3 is 0 Å². The molecule has 0 fully saturated rings. The van der Waals surface area contributed by atoms with Gasteiger partial charge in [-0.25, -0.2) is 8.42 Å². The van der Waals surface area contributed by atoms with Crippen LogP contribution in [0.25, 0.3) is 0 Å². The van der Waals surface area contributed by atoms with Crippen LogP contribution in [0.15, 0.2) is 107 Å². The maximum atomic E-state index is 12.7. The van der Waals surface area contributed by atoms with Crippen LogP contribution in [0, 0.1) is 0 Å². The molecule has 0 aliphatic rings. The van der Waals surface area contributed by atoms with Gasteiger partial charge in [-0.2, -0.15) is 0 Å². The fraction of sp³-hybridized carbons (Fsp3) is 0.0417. The molecular weight excluding hydrogens is 414 g/mol. The van der Waals surface area contributed by atoms with E-state index in [1.807, 2.05) is 30.3 Å². The fourth-order valence-electron chi connectivity index (χ4n) is 2.98. The summed E-state index contributed by atoms with van der Waals surface area (Å²) in [4.78, 5) is 12.9. The van der Waals surface area contributed by atoms with Crippen LogP contribution in [0.1, 0.15) is 16.1 Å². The molecule has 0 aliphatic heterocycles. The van der Waals surface area contributed by atoms with Crippen molar-refractivity contribution in [1.29, 1.82) is 0 Å². The average Bonchev–Trinajstić information content (AvgIpc) is 3.24. The Morgan fingerprint density at radius 1 is 0.806 bits per heavy atom. The number of carbonyl (C=O) groups is 1. The van der Waals surface area contributed by atoms with E-state index in [4.69, 9.17) is 9.15 Å². The zero-order valence-corrected chi connectivity index (χ0v) is 17.2. The van der Waals surface area contributed by atoms with Crippen molar-refractivity contribution in [3.05, 3.63) is 109 Å². The number of hydrogen-bond acceptors (Lipinski definition) is 5. The Hall–Kier alpha value is -3.84. The predicted molar refractivity (Wildman–Crippen MR) is 117 cm³/mol. The van der Waals surface area contributed by atoms with Gasteiger partial charge in [-0.1, -0.05) is 36.4 Å². The molecule has 3 aromatic carbocycles. The van der Waals surface area contributed by atoms with Gasteiger partial charge in [-0.3, -0.25) is 4.79 Å². The summed E-state index contributed by atoms with van der Waals surface area (Å²) in [6.07, 6.45) is 1.31. The van der Waals surface area contributed by atoms with Gasteiger partial charge in [0.2, 0.25) is 0 Å². The van der Waals surface area contributed by atoms with Gasteiger partial charge in [0, 0.05) is 11.3 Å². The first-order valence-corrected chi connectivity index (χ1v) is 11.1. The molecule has 4 rings (SSSR count). The van der Waals surface area contributed by atoms with Gasteiger partial charge in [-0.15, -0.1) is 0 Å². The molecule has 6 nitrogen and oxygen atoms in total. The molecule has 31 heavy (non-hydrogen) atoms. The molecule has 0 saturated carbocycles. The molecule has 156 valence electrons. The highest BCUT2D eigenvalue weighted by molar-refractivity contribution is 7.90. The summed E-state index contributed by atoms with van der Waals surface area (Å²) in [5, 5.41) is 2.72. The average molecular weight is 433 g/mol. The zero-order chi connectivity index (χ0) is 21.7. The first-order chi connectivity index (χ1) is 15.0. The number of sulfone groups is 1. The minimum atomic E-state index is -3.60. The Labute approximate surface area is 180 Å². The number of hydrogen-bond donors (Lipinski definition) is 1. The molecule has 7 heteroatoms. The maximum absolute atomic E-state index is 12.7. The van der Waals surface area contributed by atoms with Gasteiger partial charge in [0.05, 0.1) is 16.9 Å². The third kappa shape index (κ3) is 5.02. The number of rotatable bonds is 7. The molecule has 0 spiro atoms. The third-order valence-corrected chi connectivity index (χ3v) is 6.17. The van der Waals surface area contributed by atoms with Crippen LogP contribution >= 0.6 is 0 Å². The lowest BCUT2D eigenvalue weighted by molar-refractivity contribution is 0.0995. The van der Waals surface area contributed by atoms with E-state index >= 15 is 0 Å². The number of furan rings is 1. The van der Waals surface area contributed by atoms with Crippen molar-refractivity contribution in [2.75, 3.05) is 5.32 Å². The summed E-state index contributed by atoms with van der Waals surface area (Å²) in [5.41, 5.74) is 0.823. The predicted octanol–water partition coefficient (Wildman–Crippen LogP) is 5.30. The normalized spacial score (nSPS) is 11.1. The van der Waals surface area contributed by atoms with Crippen molar-refractivity contribution in [1.82, 2.24) is 0 Å². The van der Waals surface area contributed by atoms with Crippen LogP contribution in [-0.4, -0.2) is 14.3 Å². The minimum Gasteiger partial charge on any atom is -0.459 e. The van der Waals surface area contributed by atoms with Gasteiger partial charge < -0.3 is 14.5 Å². The first-order valence-electron chi connectivity index (χ1n) is 9.50. The number of anilines is 1. The summed E-state index contributed by atoms with van der Waals surface area (Å²) in [6.45, 7) is 0. The molecule has 0 radical (unpaired) electrons. The van der Waals surface area contributed by atoms with Crippen LogP contribution in [0.2, 0.25) is 0 Å². The van der Waals surface area contributed by atoms with Crippen LogP contribution in [0.4, 0.5) is 5.69 Å². The van der Waals surface area contributed by atoms with Crippen molar-refractivity contribution < 1.29 is 22.4 Å². The molecule has 0 saturated heterocycles. The molecule has 0 unspecified atom stereocenters. The number of carbonyl (C=O) groups excluding carboxylic acids is 1. The maximum Gasteiger partial charge on any atom is 0.291 e. The van der Waals surface area contributed by atoms with Gasteiger partial charge in [-0.05, 0) is 54.6 Å². The van der Waals surface area contributed by atoms with Crippen LogP contribution in [-0.2, 0) is 15.6 Å². The molecule has 1 aromatic heterocycles. The Kier molecular flexibility index (Phi) is 5.86. The summed E-state index contributed by atoms with van der Waals surface area (Å²) in [7, 11) is -3.60. The lowest BCUT2D eigenvalue weighted by Gasteiger charge is -2.08. The van der Waals surface area contributed by atoms with Crippen LogP contribution in [0.3, 0.4) is 0 Å². The van der Waals surface area contributed by atoms with Crippen molar-refractivity contribution in [2.45, 2.75) is 10.6 Å². The second-order valence-corrected chi connectivity index (χ2v) is 8.73. The van der Waals surface area contributed by atoms with Crippen LogP contribution in [0.5, 0.6) is 11.5 Å². The highest BCUT2D eigenvalue weighted by atomic mass is 32.2. The summed E-state index contributed by atoms with van der Waals surface area (Å²) >= 11 is 0. The Balaban J connectivity index is 1.45. The van der Waals surface area contributed by atoms with E-state index in [0.29, 0.717) is 22.7 Å². The molecule has 0 bridgehead atoms. The van der Waals surface area contributed by atoms with E-state index < -0.39 is 15.7 Å². The van der Waals surface area contributed by atoms with Crippen LogP contribution < -0.4 is 10.1 Å². The molecule has 0 atom stereocenters. The molecule has 1 heterocycles. The monoisotopic (exact) mass is 433 g/mol. The van der Waals surface area contributed by atoms with Crippen molar-refractivity contribution in [2.24, 2.45) is 0 Å². The SMILES string of the molecule is O=C(Nc1ccc(Oc2ccccc2)cc1)c1occc1CS(=O)(=O)c1ccccc1. The van der Waals surface area contributed by atoms with Crippen molar-refractivity contribution >= 4 is 21.4 Å². The van der Waals surface area contributed by atoms with Gasteiger partial charge in [0.15, 0.2) is 15.6 Å². The highest BCUT2D eigenvalue weighted by Crippen LogP contribution is 2.24. The van der Waals surface area contributed by atoms with E-state index in [9.17, 15) is 13.2 Å². The lowest BCUT2D eigenvalue weighted by atomic mass is 10.2. The lowest BCUT2D eigenvalue weighted by Crippen LogP contribution is -2.14. The molecule has 0 aliphatic carbocycles. The molecule has 1 amide bonds. The summed E-state index contributed by atoms with van der Waals surface area (Å²) < 4.78 is 36.3. The van der Waals surface area contributed by atoms with Crippen molar-refractivity contribution in [3.63, 3.8) is 0 Å². The zero-order valence-electron chi connectivity index (χ0n) is 16.4. The Bertz CT molecular complexity index is 1260. The second-order valence-electron chi connectivity index (χ2n) is 6.74. The quantitative estimate of drug-likeness (QED) is 0.428. The number of para-hydroxylation sites is 1. The number of amides is 1. The Morgan fingerprint density at radius 3 is 2.10 bits per heavy atom. The Morgan fingerprint density at radius 2 is 1.42 bits per heavy atom. The van der Waals surface area contributed by atoms with E-state index in [1.165, 1.54) is 24.5 Å². The van der Waals surface area contributed by atoms with Crippen molar-refractivity contribution in [3.8, 4) is 11.5 Å². The van der Waals surface area contributed by atoms with E-state index in [0.717, 1.165) is 0 Å². The van der Waals surface area contributed by atoms with E-state index in [1.54, 1.807) is 42.5 Å². The number of benzene rings is 3. The third-order valence-electron chi connectivity index (χ3n) is 4.49. The van der Waals surface area contributed by atoms with E-state index in [-0.39, 0.29) is 16.4 Å². The smallest absolute Gasteiger partial charge is 0.291 e. The van der Waals surface area contributed by atoms with Gasteiger partial charge in [0.1, 0.15) is 11.5 Å². The van der Waals surface area contributed by atoms with E-state index in [2.05, 4.69) is 5.32 Å². The topological polar surface area (TPSA) is 85.6 Å². The largest absolute Gasteiger partial charge is 0.459 e. The highest BCUT2D eigenvalue weighted by Gasteiger charge is 2.22. The fourth-order valence-corrected chi connectivity index (χ4v) is 4.36. The first kappa shape index (κ1) is 20.4. The number of ether oxygens (including phenoxy) is 1. The summed E-state index contributed by atoms with van der Waals surface area (Å²) in [5.74, 6) is 0.431. The number of nitrogens with one attached hydrogen (secondary N) is 1. The summed E-state index contributed by atoms with van der Waals surface area (Å²) in [6, 6.07) is 25.8. The molecular formula is C24H19NO5S. The minimum absolute atomic E-state index is 0.0379. The second kappa shape index (κ2) is 8.89. The molecule has 1 N–H and O–H groups in total. The molecule has 4 aromatic rings.